The molecule has 0 spiro atoms. The minimum absolute atomic E-state index is 0.0425. The first-order chi connectivity index (χ1) is 19.5. The maximum atomic E-state index is 14.5. The average molecular weight is 525 g/mol. The fourth-order valence-electron chi connectivity index (χ4n) is 5.36. The van der Waals surface area contributed by atoms with E-state index in [1.165, 1.54) is 0 Å². The van der Waals surface area contributed by atoms with Crippen molar-refractivity contribution in [3.8, 4) is 0 Å². The average Bonchev–Trinajstić information content (AvgIpc) is 3.00. The second-order valence-electron chi connectivity index (χ2n) is 10.0. The van der Waals surface area contributed by atoms with Crippen molar-refractivity contribution in [1.29, 1.82) is 5.41 Å². The molecule has 198 valence electrons. The first-order valence-electron chi connectivity index (χ1n) is 13.6. The van der Waals surface area contributed by atoms with E-state index in [2.05, 4.69) is 5.32 Å². The molecule has 2 N–H and O–H groups in total. The number of Topliss-reactive ketones (excluding diaryl/α,β-unsaturated/α-hetero) is 1. The molecule has 4 heteroatoms. The SMILES string of the molecule is CCc1ccccc1C(=O)Nc1ccc(C/C2=C/C(=N)C/C=C/C(c3ccccc3)(c3ccccc3)C2=O)cc1. The molecule has 0 saturated heterocycles. The lowest BCUT2D eigenvalue weighted by atomic mass is 9.67. The summed E-state index contributed by atoms with van der Waals surface area (Å²) in [5.74, 6) is -0.182. The Kier molecular flexibility index (Phi) is 7.97. The van der Waals surface area contributed by atoms with Gasteiger partial charge in [0.15, 0.2) is 5.78 Å². The van der Waals surface area contributed by atoms with Gasteiger partial charge in [0, 0.05) is 35.4 Å². The fourth-order valence-corrected chi connectivity index (χ4v) is 5.36. The Morgan fingerprint density at radius 1 is 0.825 bits per heavy atom. The predicted octanol–water partition coefficient (Wildman–Crippen LogP) is 7.51. The van der Waals surface area contributed by atoms with Crippen LogP contribution in [0.4, 0.5) is 5.69 Å². The van der Waals surface area contributed by atoms with Gasteiger partial charge in [-0.25, -0.2) is 0 Å². The largest absolute Gasteiger partial charge is 0.322 e. The number of carbonyl (C=O) groups excluding carboxylic acids is 2. The molecule has 0 bridgehead atoms. The molecule has 0 unspecified atom stereocenters. The number of allylic oxidation sites excluding steroid dienone is 4. The molecule has 0 radical (unpaired) electrons. The Morgan fingerprint density at radius 3 is 2.05 bits per heavy atom. The molecule has 0 heterocycles. The van der Waals surface area contributed by atoms with Crippen LogP contribution in [0.5, 0.6) is 0 Å². The summed E-state index contributed by atoms with van der Waals surface area (Å²) < 4.78 is 0. The monoisotopic (exact) mass is 524 g/mol. The van der Waals surface area contributed by atoms with Crippen LogP contribution in [0.2, 0.25) is 0 Å². The molecule has 4 nitrogen and oxygen atoms in total. The van der Waals surface area contributed by atoms with Crippen molar-refractivity contribution < 1.29 is 9.59 Å². The van der Waals surface area contributed by atoms with Crippen molar-refractivity contribution in [3.05, 3.63) is 161 Å². The number of carbonyl (C=O) groups is 2. The first-order valence-corrected chi connectivity index (χ1v) is 13.6. The standard InChI is InChI=1S/C36H32N2O2/c1-2-27-12-9-10-18-33(27)35(40)38-32-21-19-26(20-22-32)24-28-25-31(37)17-11-23-36(34(28)39,29-13-5-3-6-14-29)30-15-7-4-8-16-30/h3-16,18-23,25,37H,2,17,24H2,1H3,(H,38,40)/b23-11+,28-25-,37-31?. The van der Waals surface area contributed by atoms with Gasteiger partial charge in [-0.15, -0.1) is 0 Å². The Hall–Kier alpha value is -4.83. The smallest absolute Gasteiger partial charge is 0.255 e. The molecule has 5 rings (SSSR count). The molecule has 0 aliphatic heterocycles. The third-order valence-electron chi connectivity index (χ3n) is 7.41. The number of anilines is 1. The van der Waals surface area contributed by atoms with Crippen molar-refractivity contribution in [2.75, 3.05) is 5.32 Å². The zero-order chi connectivity index (χ0) is 28.0. The normalized spacial score (nSPS) is 16.8. The summed E-state index contributed by atoms with van der Waals surface area (Å²) in [5, 5.41) is 11.4. The zero-order valence-electron chi connectivity index (χ0n) is 22.6. The Bertz CT molecular complexity index is 1540. The molecule has 40 heavy (non-hydrogen) atoms. The predicted molar refractivity (Wildman–Crippen MR) is 162 cm³/mol. The number of aryl methyl sites for hydroxylation is 1. The summed E-state index contributed by atoms with van der Waals surface area (Å²) in [7, 11) is 0. The van der Waals surface area contributed by atoms with Crippen LogP contribution < -0.4 is 5.32 Å². The molecule has 1 aliphatic carbocycles. The van der Waals surface area contributed by atoms with Gasteiger partial charge in [-0.3, -0.25) is 9.59 Å². The van der Waals surface area contributed by atoms with Crippen molar-refractivity contribution >= 4 is 23.1 Å². The van der Waals surface area contributed by atoms with E-state index >= 15 is 0 Å². The van der Waals surface area contributed by atoms with E-state index in [9.17, 15) is 9.59 Å². The van der Waals surface area contributed by atoms with Crippen LogP contribution in [0.15, 0.2) is 133 Å². The van der Waals surface area contributed by atoms with Crippen molar-refractivity contribution in [1.82, 2.24) is 0 Å². The van der Waals surface area contributed by atoms with Gasteiger partial charge in [0.1, 0.15) is 5.41 Å². The highest BCUT2D eigenvalue weighted by Gasteiger charge is 2.41. The van der Waals surface area contributed by atoms with Crippen LogP contribution in [0.25, 0.3) is 0 Å². The van der Waals surface area contributed by atoms with Gasteiger partial charge >= 0.3 is 0 Å². The van der Waals surface area contributed by atoms with Crippen LogP contribution in [-0.2, 0) is 23.1 Å². The number of nitrogens with one attached hydrogen (secondary N) is 2. The zero-order valence-corrected chi connectivity index (χ0v) is 22.6. The van der Waals surface area contributed by atoms with Crippen LogP contribution >= 0.6 is 0 Å². The van der Waals surface area contributed by atoms with Crippen molar-refractivity contribution in [3.63, 3.8) is 0 Å². The number of hydrogen-bond donors (Lipinski definition) is 2. The minimum Gasteiger partial charge on any atom is -0.322 e. The van der Waals surface area contributed by atoms with Crippen LogP contribution in [0, 0.1) is 5.41 Å². The Labute approximate surface area is 235 Å². The maximum absolute atomic E-state index is 14.5. The summed E-state index contributed by atoms with van der Waals surface area (Å²) in [4.78, 5) is 27.4. The van der Waals surface area contributed by atoms with E-state index in [0.717, 1.165) is 28.7 Å². The van der Waals surface area contributed by atoms with Gasteiger partial charge in [0.2, 0.25) is 0 Å². The summed E-state index contributed by atoms with van der Waals surface area (Å²) in [6, 6.07) is 34.9. The number of hydrogen-bond acceptors (Lipinski definition) is 3. The molecule has 0 saturated carbocycles. The highest BCUT2D eigenvalue weighted by atomic mass is 16.1. The molecule has 0 fully saturated rings. The molecule has 0 aromatic heterocycles. The van der Waals surface area contributed by atoms with E-state index in [0.29, 0.717) is 35.4 Å². The Morgan fingerprint density at radius 2 is 1.43 bits per heavy atom. The van der Waals surface area contributed by atoms with Gasteiger partial charge in [-0.2, -0.15) is 0 Å². The lowest BCUT2D eigenvalue weighted by Gasteiger charge is -2.33. The van der Waals surface area contributed by atoms with E-state index in [-0.39, 0.29) is 11.7 Å². The van der Waals surface area contributed by atoms with Crippen LogP contribution in [-0.4, -0.2) is 17.4 Å². The van der Waals surface area contributed by atoms with E-state index in [1.807, 2.05) is 128 Å². The lowest BCUT2D eigenvalue weighted by molar-refractivity contribution is -0.118. The topological polar surface area (TPSA) is 70.0 Å². The first kappa shape index (κ1) is 26.8. The van der Waals surface area contributed by atoms with Gasteiger partial charge < -0.3 is 10.7 Å². The molecule has 1 aliphatic rings. The molecular weight excluding hydrogens is 492 g/mol. The fraction of sp³-hybridized carbons (Fsp3) is 0.139. The van der Waals surface area contributed by atoms with Crippen molar-refractivity contribution in [2.45, 2.75) is 31.6 Å². The third kappa shape index (κ3) is 5.48. The van der Waals surface area contributed by atoms with Crippen molar-refractivity contribution in [2.24, 2.45) is 0 Å². The third-order valence-corrected chi connectivity index (χ3v) is 7.41. The number of benzene rings is 4. The summed E-state index contributed by atoms with van der Waals surface area (Å²) in [6.07, 6.45) is 7.23. The summed E-state index contributed by atoms with van der Waals surface area (Å²) in [6.45, 7) is 2.03. The van der Waals surface area contributed by atoms with E-state index < -0.39 is 5.41 Å². The number of ketones is 1. The second kappa shape index (κ2) is 11.9. The quantitative estimate of drug-likeness (QED) is 0.246. The van der Waals surface area contributed by atoms with Gasteiger partial charge in [0.25, 0.3) is 5.91 Å². The van der Waals surface area contributed by atoms with Gasteiger partial charge in [-0.1, -0.05) is 110 Å². The summed E-state index contributed by atoms with van der Waals surface area (Å²) >= 11 is 0. The highest BCUT2D eigenvalue weighted by Crippen LogP contribution is 2.39. The van der Waals surface area contributed by atoms with E-state index in [1.54, 1.807) is 6.08 Å². The van der Waals surface area contributed by atoms with Gasteiger partial charge in [-0.05, 0) is 52.9 Å². The van der Waals surface area contributed by atoms with Gasteiger partial charge in [0.05, 0.1) is 0 Å². The molecular formula is C36H32N2O2. The van der Waals surface area contributed by atoms with Crippen LogP contribution in [0.3, 0.4) is 0 Å². The van der Waals surface area contributed by atoms with E-state index in [4.69, 9.17) is 5.41 Å². The minimum atomic E-state index is -0.990. The number of amides is 1. The Balaban J connectivity index is 1.45. The highest BCUT2D eigenvalue weighted by molar-refractivity contribution is 6.12. The molecule has 1 amide bonds. The molecule has 0 atom stereocenters. The maximum Gasteiger partial charge on any atom is 0.255 e. The molecule has 4 aromatic carbocycles. The second-order valence-corrected chi connectivity index (χ2v) is 10.0. The lowest BCUT2D eigenvalue weighted by Crippen LogP contribution is -2.37. The molecule has 4 aromatic rings. The summed E-state index contributed by atoms with van der Waals surface area (Å²) in [5.41, 5.74) is 5.07. The van der Waals surface area contributed by atoms with Crippen LogP contribution in [0.1, 0.15) is 46.0 Å². The number of rotatable bonds is 7.